The molecule has 1 amide bonds. The molecule has 1 heterocycles. The zero-order chi connectivity index (χ0) is 13.5. The van der Waals surface area contributed by atoms with Gasteiger partial charge in [-0.1, -0.05) is 18.9 Å². The molecule has 0 atom stereocenters. The number of fused-ring (bicyclic) bond motifs is 1. The van der Waals surface area contributed by atoms with Gasteiger partial charge in [0.1, 0.15) is 5.82 Å². The van der Waals surface area contributed by atoms with Crippen LogP contribution in [0.15, 0.2) is 18.2 Å². The number of amides is 1. The van der Waals surface area contributed by atoms with E-state index in [2.05, 4.69) is 15.4 Å². The van der Waals surface area contributed by atoms with Crippen LogP contribution >= 0.6 is 0 Å². The fourth-order valence-corrected chi connectivity index (χ4v) is 3.20. The number of carbonyl (C=O) groups excluding carboxylic acids is 1. The summed E-state index contributed by atoms with van der Waals surface area (Å²) in [6.07, 6.45) is 3.84. The summed E-state index contributed by atoms with van der Waals surface area (Å²) >= 11 is 0. The van der Waals surface area contributed by atoms with E-state index in [1.165, 1.54) is 0 Å². The first-order valence-corrected chi connectivity index (χ1v) is 6.64. The Labute approximate surface area is 111 Å². The maximum absolute atomic E-state index is 12.2. The van der Waals surface area contributed by atoms with Crippen molar-refractivity contribution < 1.29 is 4.79 Å². The van der Waals surface area contributed by atoms with E-state index >= 15 is 0 Å². The van der Waals surface area contributed by atoms with E-state index in [9.17, 15) is 4.79 Å². The number of hydrogen-bond donors (Lipinski definition) is 3. The van der Waals surface area contributed by atoms with E-state index in [1.807, 2.05) is 25.1 Å². The number of hydrogen-bond acceptors (Lipinski definition) is 3. The summed E-state index contributed by atoms with van der Waals surface area (Å²) in [5.74, 6) is 6.17. The number of carbonyl (C=O) groups is 1. The molecule has 0 spiro atoms. The maximum Gasteiger partial charge on any atom is 0.244 e. The molecule has 1 aliphatic rings. The van der Waals surface area contributed by atoms with E-state index in [1.54, 1.807) is 0 Å². The Balaban J connectivity index is 2.12. The fraction of sp³-hybridized carbons (Fsp3) is 0.429. The van der Waals surface area contributed by atoms with Gasteiger partial charge in [0.2, 0.25) is 5.91 Å². The molecular formula is C14H18N4O. The van der Waals surface area contributed by atoms with Crippen molar-refractivity contribution in [2.45, 2.75) is 38.0 Å². The van der Waals surface area contributed by atoms with Crippen molar-refractivity contribution in [3.63, 3.8) is 0 Å². The highest BCUT2D eigenvalue weighted by atomic mass is 16.2. The second-order valence-electron chi connectivity index (χ2n) is 5.32. The number of nitrogens with one attached hydrogen (secondary N) is 2. The third kappa shape index (κ3) is 1.81. The molecule has 100 valence electrons. The van der Waals surface area contributed by atoms with E-state index in [-0.39, 0.29) is 5.91 Å². The lowest BCUT2D eigenvalue weighted by atomic mass is 9.78. The number of rotatable bonds is 2. The van der Waals surface area contributed by atoms with Gasteiger partial charge in [-0.05, 0) is 37.5 Å². The Morgan fingerprint density at radius 1 is 1.42 bits per heavy atom. The molecular weight excluding hydrogens is 240 g/mol. The summed E-state index contributed by atoms with van der Waals surface area (Å²) in [6.45, 7) is 1.93. The molecule has 5 heteroatoms. The molecule has 0 bridgehead atoms. The third-order valence-electron chi connectivity index (χ3n) is 4.18. The van der Waals surface area contributed by atoms with Gasteiger partial charge in [-0.3, -0.25) is 10.2 Å². The van der Waals surface area contributed by atoms with Gasteiger partial charge < -0.3 is 4.98 Å². The highest BCUT2D eigenvalue weighted by Crippen LogP contribution is 2.41. The van der Waals surface area contributed by atoms with E-state index in [4.69, 9.17) is 5.84 Å². The standard InChI is InChI=1S/C14H18N4O/c1-9-16-11-5-4-10(8-12(11)17-9)14(13(19)18-15)6-2-3-7-14/h4-5,8H,2-3,6-7,15H2,1H3,(H,16,17)(H,18,19). The minimum absolute atomic E-state index is 0.0828. The summed E-state index contributed by atoms with van der Waals surface area (Å²) in [5.41, 5.74) is 4.81. The number of benzene rings is 1. The normalized spacial score (nSPS) is 17.8. The number of H-pyrrole nitrogens is 1. The van der Waals surface area contributed by atoms with Crippen molar-refractivity contribution in [1.29, 1.82) is 0 Å². The Bertz CT molecular complexity index is 625. The molecule has 0 unspecified atom stereocenters. The van der Waals surface area contributed by atoms with Crippen LogP contribution in [0.3, 0.4) is 0 Å². The highest BCUT2D eigenvalue weighted by molar-refractivity contribution is 5.89. The zero-order valence-corrected chi connectivity index (χ0v) is 11.0. The smallest absolute Gasteiger partial charge is 0.244 e. The lowest BCUT2D eigenvalue weighted by molar-refractivity contribution is -0.126. The quantitative estimate of drug-likeness (QED) is 0.435. The minimum atomic E-state index is -0.470. The summed E-state index contributed by atoms with van der Waals surface area (Å²) < 4.78 is 0. The molecule has 0 saturated heterocycles. The van der Waals surface area contributed by atoms with E-state index < -0.39 is 5.41 Å². The summed E-state index contributed by atoms with van der Waals surface area (Å²) in [4.78, 5) is 19.8. The van der Waals surface area contributed by atoms with Gasteiger partial charge >= 0.3 is 0 Å². The first-order chi connectivity index (χ1) is 9.15. The summed E-state index contributed by atoms with van der Waals surface area (Å²) in [6, 6.07) is 6.01. The highest BCUT2D eigenvalue weighted by Gasteiger charge is 2.42. The fourth-order valence-electron chi connectivity index (χ4n) is 3.20. The van der Waals surface area contributed by atoms with Crippen molar-refractivity contribution in [2.24, 2.45) is 5.84 Å². The molecule has 1 aromatic carbocycles. The number of hydrazine groups is 1. The second kappa shape index (κ2) is 4.35. The number of nitrogens with zero attached hydrogens (tertiary/aromatic N) is 1. The van der Waals surface area contributed by atoms with Crippen molar-refractivity contribution in [3.05, 3.63) is 29.6 Å². The SMILES string of the molecule is Cc1nc2ccc(C3(C(=O)NN)CCCC3)cc2[nH]1. The molecule has 1 aliphatic carbocycles. The van der Waals surface area contributed by atoms with Crippen molar-refractivity contribution in [3.8, 4) is 0 Å². The van der Waals surface area contributed by atoms with Crippen LogP contribution in [0.25, 0.3) is 11.0 Å². The Kier molecular flexibility index (Phi) is 2.78. The van der Waals surface area contributed by atoms with Crippen LogP contribution in [-0.2, 0) is 10.2 Å². The van der Waals surface area contributed by atoms with E-state index in [0.29, 0.717) is 0 Å². The average Bonchev–Trinajstić information content (AvgIpc) is 3.02. The van der Waals surface area contributed by atoms with Crippen LogP contribution < -0.4 is 11.3 Å². The topological polar surface area (TPSA) is 83.8 Å². The second-order valence-corrected chi connectivity index (χ2v) is 5.32. The number of aryl methyl sites for hydroxylation is 1. The zero-order valence-electron chi connectivity index (χ0n) is 11.0. The Hall–Kier alpha value is -1.88. The van der Waals surface area contributed by atoms with Gasteiger partial charge in [0.15, 0.2) is 0 Å². The number of aromatic nitrogens is 2. The predicted molar refractivity (Wildman–Crippen MR) is 73.3 cm³/mol. The van der Waals surface area contributed by atoms with Crippen LogP contribution in [0.2, 0.25) is 0 Å². The first-order valence-electron chi connectivity index (χ1n) is 6.64. The Morgan fingerprint density at radius 2 is 2.16 bits per heavy atom. The van der Waals surface area contributed by atoms with Crippen LogP contribution in [0.4, 0.5) is 0 Å². The van der Waals surface area contributed by atoms with Crippen LogP contribution in [0.5, 0.6) is 0 Å². The monoisotopic (exact) mass is 258 g/mol. The van der Waals surface area contributed by atoms with Crippen LogP contribution in [0, 0.1) is 6.92 Å². The number of nitrogens with two attached hydrogens (primary N) is 1. The lowest BCUT2D eigenvalue weighted by Gasteiger charge is -2.27. The van der Waals surface area contributed by atoms with Crippen LogP contribution in [-0.4, -0.2) is 15.9 Å². The van der Waals surface area contributed by atoms with Crippen molar-refractivity contribution in [2.75, 3.05) is 0 Å². The molecule has 5 nitrogen and oxygen atoms in total. The first kappa shape index (κ1) is 12.2. The molecule has 0 aliphatic heterocycles. The minimum Gasteiger partial charge on any atom is -0.342 e. The molecule has 4 N–H and O–H groups in total. The third-order valence-corrected chi connectivity index (χ3v) is 4.18. The Morgan fingerprint density at radius 3 is 2.84 bits per heavy atom. The lowest BCUT2D eigenvalue weighted by Crippen LogP contribution is -2.45. The predicted octanol–water partition coefficient (Wildman–Crippen LogP) is 1.67. The molecule has 1 fully saturated rings. The van der Waals surface area contributed by atoms with Crippen LogP contribution in [0.1, 0.15) is 37.1 Å². The van der Waals surface area contributed by atoms with Gasteiger partial charge in [0, 0.05) is 0 Å². The van der Waals surface area contributed by atoms with Gasteiger partial charge in [0.25, 0.3) is 0 Å². The van der Waals surface area contributed by atoms with Gasteiger partial charge in [-0.25, -0.2) is 10.8 Å². The molecule has 0 radical (unpaired) electrons. The van der Waals surface area contributed by atoms with Crippen molar-refractivity contribution in [1.82, 2.24) is 15.4 Å². The molecule has 1 saturated carbocycles. The molecule has 2 aromatic rings. The molecule has 1 aromatic heterocycles. The number of aromatic amines is 1. The van der Waals surface area contributed by atoms with Crippen molar-refractivity contribution >= 4 is 16.9 Å². The average molecular weight is 258 g/mol. The summed E-state index contributed by atoms with van der Waals surface area (Å²) in [7, 11) is 0. The van der Waals surface area contributed by atoms with Gasteiger partial charge in [-0.2, -0.15) is 0 Å². The molecule has 3 rings (SSSR count). The number of imidazole rings is 1. The molecule has 19 heavy (non-hydrogen) atoms. The largest absolute Gasteiger partial charge is 0.342 e. The van der Waals surface area contributed by atoms with Gasteiger partial charge in [-0.15, -0.1) is 0 Å². The van der Waals surface area contributed by atoms with E-state index in [0.717, 1.165) is 48.1 Å². The van der Waals surface area contributed by atoms with Gasteiger partial charge in [0.05, 0.1) is 16.4 Å². The maximum atomic E-state index is 12.2. The summed E-state index contributed by atoms with van der Waals surface area (Å²) in [5, 5.41) is 0.